The van der Waals surface area contributed by atoms with Gasteiger partial charge in [-0.2, -0.15) is 0 Å². The number of piperazine rings is 1. The minimum atomic E-state index is 0.283. The van der Waals surface area contributed by atoms with E-state index < -0.39 is 0 Å². The van der Waals surface area contributed by atoms with Crippen molar-refractivity contribution in [2.75, 3.05) is 37.6 Å². The lowest BCUT2D eigenvalue weighted by Gasteiger charge is -2.37. The second-order valence-electron chi connectivity index (χ2n) is 7.79. The fourth-order valence-electron chi connectivity index (χ4n) is 3.93. The summed E-state index contributed by atoms with van der Waals surface area (Å²) in [5, 5.41) is 0. The number of hydrogen-bond donors (Lipinski definition) is 0. The average Bonchev–Trinajstić information content (AvgIpc) is 3.53. The highest BCUT2D eigenvalue weighted by Gasteiger charge is 2.33. The zero-order valence-electron chi connectivity index (χ0n) is 16.2. The SMILES string of the molecule is Cc1ccccc1N1CCN(CC(=O)N(Cc2ccccc2)C2CC2)CC1. The third-order valence-corrected chi connectivity index (χ3v) is 5.69. The summed E-state index contributed by atoms with van der Waals surface area (Å²) in [7, 11) is 0. The monoisotopic (exact) mass is 363 g/mol. The quantitative estimate of drug-likeness (QED) is 0.788. The molecular weight excluding hydrogens is 334 g/mol. The van der Waals surface area contributed by atoms with Gasteiger partial charge in [-0.3, -0.25) is 9.69 Å². The molecule has 2 aromatic carbocycles. The van der Waals surface area contributed by atoms with Crippen molar-refractivity contribution < 1.29 is 4.79 Å². The fraction of sp³-hybridized carbons (Fsp3) is 0.435. The molecule has 142 valence electrons. The van der Waals surface area contributed by atoms with Crippen LogP contribution < -0.4 is 4.90 Å². The number of benzene rings is 2. The molecule has 1 amide bonds. The second kappa shape index (κ2) is 8.13. The van der Waals surface area contributed by atoms with Crippen molar-refractivity contribution in [2.45, 2.75) is 32.4 Å². The van der Waals surface area contributed by atoms with E-state index in [0.29, 0.717) is 12.6 Å². The Morgan fingerprint density at radius 1 is 0.963 bits per heavy atom. The maximum absolute atomic E-state index is 13.0. The molecule has 0 unspecified atom stereocenters. The summed E-state index contributed by atoms with van der Waals surface area (Å²) in [4.78, 5) is 19.8. The molecule has 0 aromatic heterocycles. The van der Waals surface area contributed by atoms with Gasteiger partial charge in [-0.1, -0.05) is 48.5 Å². The van der Waals surface area contributed by atoms with Crippen LogP contribution in [-0.2, 0) is 11.3 Å². The lowest BCUT2D eigenvalue weighted by atomic mass is 10.1. The van der Waals surface area contributed by atoms with Crippen molar-refractivity contribution in [1.29, 1.82) is 0 Å². The molecule has 0 bridgehead atoms. The van der Waals surface area contributed by atoms with E-state index in [-0.39, 0.29) is 5.91 Å². The summed E-state index contributed by atoms with van der Waals surface area (Å²) in [6.45, 7) is 7.33. The Morgan fingerprint density at radius 3 is 2.30 bits per heavy atom. The van der Waals surface area contributed by atoms with Crippen molar-refractivity contribution in [3.05, 3.63) is 65.7 Å². The summed E-state index contributed by atoms with van der Waals surface area (Å²) in [5.41, 5.74) is 3.87. The first-order valence-corrected chi connectivity index (χ1v) is 10.1. The van der Waals surface area contributed by atoms with Crippen molar-refractivity contribution >= 4 is 11.6 Å². The van der Waals surface area contributed by atoms with Crippen LogP contribution in [0.4, 0.5) is 5.69 Å². The van der Waals surface area contributed by atoms with Crippen LogP contribution in [0.1, 0.15) is 24.0 Å². The molecule has 2 aromatic rings. The van der Waals surface area contributed by atoms with Crippen LogP contribution in [0.2, 0.25) is 0 Å². The van der Waals surface area contributed by atoms with Gasteiger partial charge in [0.05, 0.1) is 6.54 Å². The fourth-order valence-corrected chi connectivity index (χ4v) is 3.93. The van der Waals surface area contributed by atoms with Gasteiger partial charge in [0.1, 0.15) is 0 Å². The Bertz CT molecular complexity index is 764. The topological polar surface area (TPSA) is 26.8 Å². The molecule has 1 saturated carbocycles. The van der Waals surface area contributed by atoms with Gasteiger partial charge in [-0.05, 0) is 37.0 Å². The number of carbonyl (C=O) groups excluding carboxylic acids is 1. The first-order valence-electron chi connectivity index (χ1n) is 10.1. The summed E-state index contributed by atoms with van der Waals surface area (Å²) < 4.78 is 0. The maximum atomic E-state index is 13.0. The number of aryl methyl sites for hydroxylation is 1. The van der Waals surface area contributed by atoms with E-state index in [9.17, 15) is 4.79 Å². The Kier molecular flexibility index (Phi) is 5.44. The minimum Gasteiger partial charge on any atom is -0.369 e. The van der Waals surface area contributed by atoms with E-state index in [1.54, 1.807) is 0 Å². The normalized spacial score (nSPS) is 17.7. The van der Waals surface area contributed by atoms with Gasteiger partial charge in [-0.15, -0.1) is 0 Å². The molecule has 1 aliphatic carbocycles. The Hall–Kier alpha value is -2.33. The number of rotatable bonds is 6. The first-order chi connectivity index (χ1) is 13.2. The van der Waals surface area contributed by atoms with Crippen LogP contribution in [0.25, 0.3) is 0 Å². The van der Waals surface area contributed by atoms with Crippen LogP contribution in [0, 0.1) is 6.92 Å². The van der Waals surface area contributed by atoms with Gasteiger partial charge in [-0.25, -0.2) is 0 Å². The minimum absolute atomic E-state index is 0.283. The van der Waals surface area contributed by atoms with Crippen molar-refractivity contribution in [3.63, 3.8) is 0 Å². The highest BCUT2D eigenvalue weighted by Crippen LogP contribution is 2.29. The van der Waals surface area contributed by atoms with Crippen molar-refractivity contribution in [3.8, 4) is 0 Å². The van der Waals surface area contributed by atoms with Crippen LogP contribution in [0.3, 0.4) is 0 Å². The molecule has 0 N–H and O–H groups in total. The maximum Gasteiger partial charge on any atom is 0.237 e. The number of amides is 1. The zero-order chi connectivity index (χ0) is 18.6. The van der Waals surface area contributed by atoms with Crippen LogP contribution in [-0.4, -0.2) is 54.5 Å². The lowest BCUT2D eigenvalue weighted by Crippen LogP contribution is -2.50. The molecule has 27 heavy (non-hydrogen) atoms. The molecule has 4 rings (SSSR count). The standard InChI is InChI=1S/C23H29N3O/c1-19-7-5-6-10-22(19)25-15-13-24(14-16-25)18-23(27)26(21-11-12-21)17-20-8-3-2-4-9-20/h2-10,21H,11-18H2,1H3. The molecule has 0 atom stereocenters. The van der Waals surface area contributed by atoms with Gasteiger partial charge >= 0.3 is 0 Å². The van der Waals surface area contributed by atoms with Crippen LogP contribution in [0.5, 0.6) is 0 Å². The molecule has 0 radical (unpaired) electrons. The Labute approximate surface area is 162 Å². The molecule has 0 spiro atoms. The lowest BCUT2D eigenvalue weighted by molar-refractivity contribution is -0.133. The Morgan fingerprint density at radius 2 is 1.63 bits per heavy atom. The molecule has 1 aliphatic heterocycles. The van der Waals surface area contributed by atoms with E-state index in [0.717, 1.165) is 45.6 Å². The predicted molar refractivity (Wildman–Crippen MR) is 110 cm³/mol. The highest BCUT2D eigenvalue weighted by molar-refractivity contribution is 5.79. The zero-order valence-corrected chi connectivity index (χ0v) is 16.2. The smallest absolute Gasteiger partial charge is 0.237 e. The van der Waals surface area contributed by atoms with E-state index in [4.69, 9.17) is 0 Å². The largest absolute Gasteiger partial charge is 0.369 e. The third kappa shape index (κ3) is 4.51. The molecule has 1 saturated heterocycles. The summed E-state index contributed by atoms with van der Waals surface area (Å²) in [5.74, 6) is 0.283. The second-order valence-corrected chi connectivity index (χ2v) is 7.79. The highest BCUT2D eigenvalue weighted by atomic mass is 16.2. The van der Waals surface area contributed by atoms with Gasteiger partial charge in [0.25, 0.3) is 0 Å². The van der Waals surface area contributed by atoms with Crippen molar-refractivity contribution in [2.24, 2.45) is 0 Å². The van der Waals surface area contributed by atoms with Crippen molar-refractivity contribution in [1.82, 2.24) is 9.80 Å². The molecule has 4 heteroatoms. The molecule has 4 nitrogen and oxygen atoms in total. The van der Waals surface area contributed by atoms with E-state index in [2.05, 4.69) is 70.2 Å². The van der Waals surface area contributed by atoms with Gasteiger partial charge in [0, 0.05) is 44.5 Å². The predicted octanol–water partition coefficient (Wildman–Crippen LogP) is 3.31. The third-order valence-electron chi connectivity index (χ3n) is 5.69. The van der Waals surface area contributed by atoms with Gasteiger partial charge < -0.3 is 9.80 Å². The number of anilines is 1. The van der Waals surface area contributed by atoms with E-state index in [1.165, 1.54) is 16.8 Å². The summed E-state index contributed by atoms with van der Waals surface area (Å²) >= 11 is 0. The number of para-hydroxylation sites is 1. The van der Waals surface area contributed by atoms with E-state index >= 15 is 0 Å². The number of hydrogen-bond acceptors (Lipinski definition) is 3. The molecule has 1 heterocycles. The van der Waals surface area contributed by atoms with Gasteiger partial charge in [0.2, 0.25) is 5.91 Å². The van der Waals surface area contributed by atoms with Gasteiger partial charge in [0.15, 0.2) is 0 Å². The van der Waals surface area contributed by atoms with Crippen LogP contribution >= 0.6 is 0 Å². The Balaban J connectivity index is 1.32. The first kappa shape index (κ1) is 18.1. The molecule has 2 fully saturated rings. The molecule has 2 aliphatic rings. The summed E-state index contributed by atoms with van der Waals surface area (Å²) in [6.07, 6.45) is 2.30. The average molecular weight is 364 g/mol. The summed E-state index contributed by atoms with van der Waals surface area (Å²) in [6, 6.07) is 19.4. The molecular formula is C23H29N3O. The number of carbonyl (C=O) groups is 1. The van der Waals surface area contributed by atoms with Crippen LogP contribution in [0.15, 0.2) is 54.6 Å². The number of nitrogens with zero attached hydrogens (tertiary/aromatic N) is 3. The van der Waals surface area contributed by atoms with E-state index in [1.807, 2.05) is 6.07 Å².